The molecule has 2 aliphatic heterocycles. The van der Waals surface area contributed by atoms with E-state index < -0.39 is 17.6 Å². The van der Waals surface area contributed by atoms with Gasteiger partial charge in [-0.25, -0.2) is 9.59 Å². The summed E-state index contributed by atoms with van der Waals surface area (Å²) in [6, 6.07) is 9.45. The van der Waals surface area contributed by atoms with Crippen molar-refractivity contribution in [3.8, 4) is 0 Å². The van der Waals surface area contributed by atoms with E-state index in [4.69, 9.17) is 4.74 Å². The van der Waals surface area contributed by atoms with Gasteiger partial charge >= 0.3 is 12.1 Å². The number of fused-ring (bicyclic) bond motifs is 2. The molecule has 2 saturated heterocycles. The molecule has 2 bridgehead atoms. The van der Waals surface area contributed by atoms with Crippen LogP contribution >= 0.6 is 0 Å². The maximum atomic E-state index is 12.5. The maximum Gasteiger partial charge on any atom is 0.411 e. The summed E-state index contributed by atoms with van der Waals surface area (Å²) in [6.45, 7) is 0.179. The highest BCUT2D eigenvalue weighted by Gasteiger charge is 2.54. The molecule has 1 aromatic carbocycles. The van der Waals surface area contributed by atoms with Gasteiger partial charge in [0.15, 0.2) is 0 Å². The van der Waals surface area contributed by atoms with Crippen molar-refractivity contribution in [2.24, 2.45) is 0 Å². The van der Waals surface area contributed by atoms with E-state index >= 15 is 0 Å². The number of carboxylic acid groups (broad SMARTS) is 1. The van der Waals surface area contributed by atoms with Gasteiger partial charge in [0.25, 0.3) is 0 Å². The zero-order valence-corrected chi connectivity index (χ0v) is 12.5. The van der Waals surface area contributed by atoms with Crippen LogP contribution in [0.2, 0.25) is 0 Å². The SMILES string of the molecule is O=C(OCc1ccccc1)N1C2CCCC1(C(=O)O)CCC2. The van der Waals surface area contributed by atoms with E-state index in [0.29, 0.717) is 12.8 Å². The molecule has 0 saturated carbocycles. The molecule has 1 aromatic rings. The Morgan fingerprint density at radius 1 is 1.18 bits per heavy atom. The van der Waals surface area contributed by atoms with Crippen LogP contribution in [0.3, 0.4) is 0 Å². The fourth-order valence-corrected chi connectivity index (χ4v) is 3.81. The van der Waals surface area contributed by atoms with Gasteiger partial charge in [0.2, 0.25) is 0 Å². The molecule has 2 aliphatic rings. The molecule has 0 spiro atoms. The molecule has 3 rings (SSSR count). The topological polar surface area (TPSA) is 66.8 Å². The van der Waals surface area contributed by atoms with Gasteiger partial charge in [0, 0.05) is 6.04 Å². The van der Waals surface area contributed by atoms with Crippen molar-refractivity contribution >= 4 is 12.1 Å². The number of benzene rings is 1. The standard InChI is InChI=1S/C17H21NO4/c19-15(20)17-10-4-8-14(9-5-11-17)18(17)16(21)22-12-13-6-2-1-3-7-13/h1-3,6-7,14H,4-5,8-12H2,(H,19,20). The minimum atomic E-state index is -1.06. The fraction of sp³-hybridized carbons (Fsp3) is 0.529. The average Bonchev–Trinajstić information content (AvgIpc) is 2.52. The number of hydrogen-bond acceptors (Lipinski definition) is 3. The van der Waals surface area contributed by atoms with Crippen LogP contribution in [0.15, 0.2) is 30.3 Å². The number of rotatable bonds is 3. The second-order valence-corrected chi connectivity index (χ2v) is 6.19. The number of nitrogens with zero attached hydrogens (tertiary/aromatic N) is 1. The van der Waals surface area contributed by atoms with Crippen molar-refractivity contribution in [3.05, 3.63) is 35.9 Å². The Morgan fingerprint density at radius 2 is 1.82 bits per heavy atom. The van der Waals surface area contributed by atoms with Crippen LogP contribution in [-0.4, -0.2) is 33.6 Å². The molecule has 1 amide bonds. The molecule has 2 heterocycles. The molecule has 22 heavy (non-hydrogen) atoms. The number of aliphatic carboxylic acids is 1. The first-order chi connectivity index (χ1) is 10.6. The number of carbonyl (C=O) groups is 2. The van der Waals surface area contributed by atoms with E-state index in [2.05, 4.69) is 0 Å². The van der Waals surface area contributed by atoms with Crippen molar-refractivity contribution in [3.63, 3.8) is 0 Å². The molecule has 0 aromatic heterocycles. The lowest BCUT2D eigenvalue weighted by molar-refractivity contribution is -0.159. The monoisotopic (exact) mass is 303 g/mol. The quantitative estimate of drug-likeness (QED) is 0.931. The molecule has 0 unspecified atom stereocenters. The first-order valence-electron chi connectivity index (χ1n) is 7.87. The lowest BCUT2D eigenvalue weighted by Crippen LogP contribution is -2.65. The Hall–Kier alpha value is -2.04. The van der Waals surface area contributed by atoms with Crippen LogP contribution in [0.25, 0.3) is 0 Å². The van der Waals surface area contributed by atoms with Crippen LogP contribution in [0.1, 0.15) is 44.1 Å². The molecule has 0 atom stereocenters. The van der Waals surface area contributed by atoms with Crippen molar-refractivity contribution in [1.82, 2.24) is 4.90 Å². The minimum Gasteiger partial charge on any atom is -0.479 e. The summed E-state index contributed by atoms with van der Waals surface area (Å²) >= 11 is 0. The second kappa shape index (κ2) is 5.99. The Morgan fingerprint density at radius 3 is 2.41 bits per heavy atom. The van der Waals surface area contributed by atoms with Crippen molar-refractivity contribution in [2.45, 2.75) is 56.7 Å². The lowest BCUT2D eigenvalue weighted by Gasteiger charge is -2.51. The molecule has 5 heteroatoms. The summed E-state index contributed by atoms with van der Waals surface area (Å²) in [4.78, 5) is 25.9. The normalized spacial score (nSPS) is 27.3. The molecule has 1 N–H and O–H groups in total. The molecule has 2 fully saturated rings. The number of ether oxygens (including phenoxy) is 1. The lowest BCUT2D eigenvalue weighted by atomic mass is 9.74. The van der Waals surface area contributed by atoms with E-state index in [1.54, 1.807) is 0 Å². The fourth-order valence-electron chi connectivity index (χ4n) is 3.81. The summed E-state index contributed by atoms with van der Waals surface area (Å²) in [5.74, 6) is -0.895. The Bertz CT molecular complexity index is 547. The molecular weight excluding hydrogens is 282 g/mol. The van der Waals surface area contributed by atoms with E-state index in [9.17, 15) is 14.7 Å². The molecule has 0 radical (unpaired) electrons. The van der Waals surface area contributed by atoms with Gasteiger partial charge in [0.1, 0.15) is 12.1 Å². The van der Waals surface area contributed by atoms with E-state index in [-0.39, 0.29) is 12.6 Å². The summed E-state index contributed by atoms with van der Waals surface area (Å²) in [5.41, 5.74) is -0.156. The highest BCUT2D eigenvalue weighted by Crippen LogP contribution is 2.42. The first kappa shape index (κ1) is 14.9. The van der Waals surface area contributed by atoms with Crippen LogP contribution < -0.4 is 0 Å². The van der Waals surface area contributed by atoms with Gasteiger partial charge < -0.3 is 9.84 Å². The summed E-state index contributed by atoms with van der Waals surface area (Å²) in [5, 5.41) is 9.70. The van der Waals surface area contributed by atoms with Crippen molar-refractivity contribution < 1.29 is 19.4 Å². The maximum absolute atomic E-state index is 12.5. The van der Waals surface area contributed by atoms with Gasteiger partial charge in [-0.3, -0.25) is 4.90 Å². The first-order valence-corrected chi connectivity index (χ1v) is 7.87. The van der Waals surface area contributed by atoms with Crippen LogP contribution in [0.5, 0.6) is 0 Å². The molecule has 0 aliphatic carbocycles. The predicted molar refractivity (Wildman–Crippen MR) is 80.3 cm³/mol. The van der Waals surface area contributed by atoms with Crippen LogP contribution in [-0.2, 0) is 16.1 Å². The van der Waals surface area contributed by atoms with Gasteiger partial charge in [-0.15, -0.1) is 0 Å². The van der Waals surface area contributed by atoms with Gasteiger partial charge in [-0.05, 0) is 44.1 Å². The Balaban J connectivity index is 1.75. The predicted octanol–water partition coefficient (Wildman–Crippen LogP) is 3.19. The third-order valence-corrected chi connectivity index (χ3v) is 4.88. The van der Waals surface area contributed by atoms with E-state index in [1.165, 1.54) is 4.90 Å². The average molecular weight is 303 g/mol. The van der Waals surface area contributed by atoms with Crippen LogP contribution in [0, 0.1) is 0 Å². The van der Waals surface area contributed by atoms with E-state index in [0.717, 1.165) is 31.2 Å². The largest absolute Gasteiger partial charge is 0.479 e. The molecular formula is C17H21NO4. The van der Waals surface area contributed by atoms with Gasteiger partial charge in [0.05, 0.1) is 0 Å². The number of hydrogen-bond donors (Lipinski definition) is 1. The Kier molecular flexibility index (Phi) is 4.05. The smallest absolute Gasteiger partial charge is 0.411 e. The number of amides is 1. The second-order valence-electron chi connectivity index (χ2n) is 6.19. The summed E-state index contributed by atoms with van der Waals surface area (Å²) < 4.78 is 5.40. The number of piperidine rings is 2. The van der Waals surface area contributed by atoms with Crippen LogP contribution in [0.4, 0.5) is 4.79 Å². The number of carboxylic acids is 1. The highest BCUT2D eigenvalue weighted by atomic mass is 16.6. The zero-order chi connectivity index (χ0) is 15.6. The van der Waals surface area contributed by atoms with Gasteiger partial charge in [-0.1, -0.05) is 30.3 Å². The van der Waals surface area contributed by atoms with Gasteiger partial charge in [-0.2, -0.15) is 0 Å². The third-order valence-electron chi connectivity index (χ3n) is 4.88. The zero-order valence-electron chi connectivity index (χ0n) is 12.5. The molecule has 5 nitrogen and oxygen atoms in total. The Labute approximate surface area is 129 Å². The minimum absolute atomic E-state index is 0.00173. The third kappa shape index (κ3) is 2.56. The van der Waals surface area contributed by atoms with Crippen molar-refractivity contribution in [2.75, 3.05) is 0 Å². The summed E-state index contributed by atoms with van der Waals surface area (Å²) in [6.07, 6.45) is 4.03. The summed E-state index contributed by atoms with van der Waals surface area (Å²) in [7, 11) is 0. The molecule has 118 valence electrons. The number of carbonyl (C=O) groups excluding carboxylic acids is 1. The van der Waals surface area contributed by atoms with Crippen molar-refractivity contribution in [1.29, 1.82) is 0 Å². The highest BCUT2D eigenvalue weighted by molar-refractivity contribution is 5.85. The van der Waals surface area contributed by atoms with E-state index in [1.807, 2.05) is 30.3 Å².